The van der Waals surface area contributed by atoms with Crippen LogP contribution in [0.4, 0.5) is 0 Å². The van der Waals surface area contributed by atoms with E-state index in [-0.39, 0.29) is 0 Å². The highest BCUT2D eigenvalue weighted by Gasteiger charge is 2.24. The molecule has 0 spiro atoms. The second-order valence-electron chi connectivity index (χ2n) is 5.25. The van der Waals surface area contributed by atoms with E-state index in [1.165, 1.54) is 18.4 Å². The minimum absolute atomic E-state index is 0.511. The Morgan fingerprint density at radius 3 is 2.72 bits per heavy atom. The van der Waals surface area contributed by atoms with Gasteiger partial charge >= 0.3 is 0 Å². The van der Waals surface area contributed by atoms with Crippen LogP contribution in [0.5, 0.6) is 5.75 Å². The van der Waals surface area contributed by atoms with Gasteiger partial charge in [-0.2, -0.15) is 0 Å². The number of aliphatic hydroxyl groups is 1. The number of aliphatic hydroxyl groups excluding tert-OH is 1. The van der Waals surface area contributed by atoms with E-state index in [1.807, 2.05) is 19.2 Å². The monoisotopic (exact) mass is 249 g/mol. The molecule has 1 fully saturated rings. The van der Waals surface area contributed by atoms with E-state index in [1.54, 1.807) is 0 Å². The molecule has 0 bridgehead atoms. The molecule has 0 radical (unpaired) electrons. The normalized spacial score (nSPS) is 16.7. The number of rotatable bonds is 6. The van der Waals surface area contributed by atoms with Gasteiger partial charge in [-0.05, 0) is 50.8 Å². The molecule has 1 aliphatic carbocycles. The fourth-order valence-electron chi connectivity index (χ4n) is 2.05. The SMILES string of the molecule is CNCC(O)c1ccc(C)c(C)c1OCC1CC1. The number of benzene rings is 1. The maximum absolute atomic E-state index is 10.2. The Kier molecular flexibility index (Phi) is 4.25. The quantitative estimate of drug-likeness (QED) is 0.813. The molecule has 3 nitrogen and oxygen atoms in total. The Bertz CT molecular complexity index is 413. The van der Waals surface area contributed by atoms with Gasteiger partial charge in [0.15, 0.2) is 0 Å². The summed E-state index contributed by atoms with van der Waals surface area (Å²) in [6.45, 7) is 5.46. The number of likely N-dealkylation sites (N-methyl/N-ethyl adjacent to an activating group) is 1. The minimum atomic E-state index is -0.511. The molecule has 3 heteroatoms. The van der Waals surface area contributed by atoms with Crippen molar-refractivity contribution in [2.45, 2.75) is 32.8 Å². The summed E-state index contributed by atoms with van der Waals surface area (Å²) in [5.74, 6) is 1.60. The van der Waals surface area contributed by atoms with Crippen molar-refractivity contribution in [3.05, 3.63) is 28.8 Å². The highest BCUT2D eigenvalue weighted by atomic mass is 16.5. The van der Waals surface area contributed by atoms with Gasteiger partial charge in [-0.25, -0.2) is 0 Å². The molecule has 1 aromatic rings. The molecule has 0 aromatic heterocycles. The number of hydrogen-bond donors (Lipinski definition) is 2. The molecule has 0 saturated heterocycles. The van der Waals surface area contributed by atoms with E-state index in [2.05, 4.69) is 19.2 Å². The van der Waals surface area contributed by atoms with Crippen LogP contribution in [0.1, 0.15) is 35.6 Å². The van der Waals surface area contributed by atoms with Gasteiger partial charge in [-0.15, -0.1) is 0 Å². The van der Waals surface area contributed by atoms with Gasteiger partial charge in [-0.3, -0.25) is 0 Å². The van der Waals surface area contributed by atoms with Gasteiger partial charge in [0.05, 0.1) is 12.7 Å². The van der Waals surface area contributed by atoms with Crippen LogP contribution in [0.3, 0.4) is 0 Å². The van der Waals surface area contributed by atoms with Gasteiger partial charge in [0, 0.05) is 12.1 Å². The third-order valence-corrected chi connectivity index (χ3v) is 3.62. The minimum Gasteiger partial charge on any atom is -0.493 e. The summed E-state index contributed by atoms with van der Waals surface area (Å²) in [5.41, 5.74) is 3.25. The Balaban J connectivity index is 2.22. The maximum atomic E-state index is 10.2. The van der Waals surface area contributed by atoms with Gasteiger partial charge in [0.1, 0.15) is 5.75 Å². The first kappa shape index (κ1) is 13.4. The first-order chi connectivity index (χ1) is 8.63. The zero-order valence-electron chi connectivity index (χ0n) is 11.5. The molecule has 1 aliphatic rings. The molecule has 1 aromatic carbocycles. The van der Waals surface area contributed by atoms with Crippen molar-refractivity contribution in [2.24, 2.45) is 5.92 Å². The largest absolute Gasteiger partial charge is 0.493 e. The van der Waals surface area contributed by atoms with Gasteiger partial charge in [-0.1, -0.05) is 12.1 Å². The number of ether oxygens (including phenoxy) is 1. The Labute approximate surface area is 109 Å². The maximum Gasteiger partial charge on any atom is 0.128 e. The first-order valence-electron chi connectivity index (χ1n) is 6.69. The van der Waals surface area contributed by atoms with Crippen molar-refractivity contribution in [1.29, 1.82) is 0 Å². The van der Waals surface area contributed by atoms with E-state index < -0.39 is 6.10 Å². The Hall–Kier alpha value is -1.06. The van der Waals surface area contributed by atoms with Crippen LogP contribution < -0.4 is 10.1 Å². The van der Waals surface area contributed by atoms with E-state index in [9.17, 15) is 5.11 Å². The smallest absolute Gasteiger partial charge is 0.128 e. The molecule has 0 aliphatic heterocycles. The molecule has 1 saturated carbocycles. The van der Waals surface area contributed by atoms with Crippen molar-refractivity contribution >= 4 is 0 Å². The summed E-state index contributed by atoms with van der Waals surface area (Å²) in [6, 6.07) is 4.03. The van der Waals surface area contributed by atoms with Crippen LogP contribution >= 0.6 is 0 Å². The molecule has 1 atom stereocenters. The van der Waals surface area contributed by atoms with Crippen LogP contribution in [0.2, 0.25) is 0 Å². The van der Waals surface area contributed by atoms with Gasteiger partial charge in [0.25, 0.3) is 0 Å². The molecular weight excluding hydrogens is 226 g/mol. The lowest BCUT2D eigenvalue weighted by molar-refractivity contribution is 0.170. The lowest BCUT2D eigenvalue weighted by atomic mass is 10.0. The van der Waals surface area contributed by atoms with E-state index >= 15 is 0 Å². The third-order valence-electron chi connectivity index (χ3n) is 3.62. The lowest BCUT2D eigenvalue weighted by Gasteiger charge is -2.19. The molecule has 18 heavy (non-hydrogen) atoms. The molecule has 2 rings (SSSR count). The van der Waals surface area contributed by atoms with Crippen molar-refractivity contribution in [3.8, 4) is 5.75 Å². The van der Waals surface area contributed by atoms with Crippen LogP contribution in [0, 0.1) is 19.8 Å². The average Bonchev–Trinajstić information content (AvgIpc) is 3.15. The van der Waals surface area contributed by atoms with Crippen molar-refractivity contribution in [2.75, 3.05) is 20.2 Å². The van der Waals surface area contributed by atoms with E-state index in [0.717, 1.165) is 29.4 Å². The number of nitrogens with one attached hydrogen (secondary N) is 1. The molecule has 2 N–H and O–H groups in total. The summed E-state index contributed by atoms with van der Waals surface area (Å²) in [6.07, 6.45) is 2.04. The topological polar surface area (TPSA) is 41.5 Å². The predicted octanol–water partition coefficient (Wildman–Crippen LogP) is 2.35. The summed E-state index contributed by atoms with van der Waals surface area (Å²) in [7, 11) is 1.84. The summed E-state index contributed by atoms with van der Waals surface area (Å²) in [4.78, 5) is 0. The van der Waals surface area contributed by atoms with Gasteiger partial charge < -0.3 is 15.2 Å². The molecular formula is C15H23NO2. The van der Waals surface area contributed by atoms with Crippen molar-refractivity contribution in [3.63, 3.8) is 0 Å². The third kappa shape index (κ3) is 3.03. The zero-order valence-corrected chi connectivity index (χ0v) is 11.5. The van der Waals surface area contributed by atoms with Crippen LogP contribution in [0.15, 0.2) is 12.1 Å². The standard InChI is InChI=1S/C15H23NO2/c1-10-4-7-13(14(17)8-16-3)15(11(10)2)18-9-12-5-6-12/h4,7,12,14,16-17H,5-6,8-9H2,1-3H3. The summed E-state index contributed by atoms with van der Waals surface area (Å²) >= 11 is 0. The Morgan fingerprint density at radius 1 is 1.39 bits per heavy atom. The Morgan fingerprint density at radius 2 is 2.11 bits per heavy atom. The van der Waals surface area contributed by atoms with E-state index in [0.29, 0.717) is 6.54 Å². The number of hydrogen-bond acceptors (Lipinski definition) is 3. The predicted molar refractivity (Wildman–Crippen MR) is 73.0 cm³/mol. The summed E-state index contributed by atoms with van der Waals surface area (Å²) in [5, 5.41) is 13.2. The van der Waals surface area contributed by atoms with Crippen molar-refractivity contribution in [1.82, 2.24) is 5.32 Å². The van der Waals surface area contributed by atoms with Crippen LogP contribution in [-0.2, 0) is 0 Å². The highest BCUT2D eigenvalue weighted by molar-refractivity contribution is 5.46. The number of aryl methyl sites for hydroxylation is 1. The zero-order chi connectivity index (χ0) is 13.1. The molecule has 0 heterocycles. The van der Waals surface area contributed by atoms with Crippen LogP contribution in [-0.4, -0.2) is 25.3 Å². The van der Waals surface area contributed by atoms with Gasteiger partial charge in [0.2, 0.25) is 0 Å². The first-order valence-corrected chi connectivity index (χ1v) is 6.69. The second kappa shape index (κ2) is 5.72. The molecule has 100 valence electrons. The molecule has 0 amide bonds. The average molecular weight is 249 g/mol. The van der Waals surface area contributed by atoms with E-state index in [4.69, 9.17) is 4.74 Å². The fraction of sp³-hybridized carbons (Fsp3) is 0.600. The van der Waals surface area contributed by atoms with Crippen LogP contribution in [0.25, 0.3) is 0 Å². The van der Waals surface area contributed by atoms with Crippen molar-refractivity contribution < 1.29 is 9.84 Å². The second-order valence-corrected chi connectivity index (χ2v) is 5.25. The summed E-state index contributed by atoms with van der Waals surface area (Å²) < 4.78 is 5.95. The highest BCUT2D eigenvalue weighted by Crippen LogP contribution is 2.34. The fourth-order valence-corrected chi connectivity index (χ4v) is 2.05. The molecule has 1 unspecified atom stereocenters. The lowest BCUT2D eigenvalue weighted by Crippen LogP contribution is -2.18.